The van der Waals surface area contributed by atoms with Crippen LogP contribution in [-0.4, -0.2) is 29.4 Å². The summed E-state index contributed by atoms with van der Waals surface area (Å²) in [7, 11) is 0. The van der Waals surface area contributed by atoms with Gasteiger partial charge in [0.15, 0.2) is 5.82 Å². The quantitative estimate of drug-likeness (QED) is 0.841. The number of benzene rings is 1. The van der Waals surface area contributed by atoms with E-state index in [1.165, 1.54) is 5.56 Å². The van der Waals surface area contributed by atoms with Crippen LogP contribution in [0.25, 0.3) is 11.5 Å². The van der Waals surface area contributed by atoms with Gasteiger partial charge in [-0.1, -0.05) is 24.2 Å². The van der Waals surface area contributed by atoms with E-state index in [4.69, 9.17) is 9.26 Å². The van der Waals surface area contributed by atoms with Crippen LogP contribution < -0.4 is 5.32 Å². The number of nitrogens with one attached hydrogen (secondary N) is 1. The lowest BCUT2D eigenvalue weighted by Gasteiger charge is -2.28. The van der Waals surface area contributed by atoms with Crippen LogP contribution in [0, 0.1) is 5.92 Å². The third-order valence-corrected chi connectivity index (χ3v) is 4.72. The fourth-order valence-electron chi connectivity index (χ4n) is 3.17. The fourth-order valence-corrected chi connectivity index (χ4v) is 3.17. The van der Waals surface area contributed by atoms with E-state index in [0.717, 1.165) is 56.8 Å². The summed E-state index contributed by atoms with van der Waals surface area (Å²) in [5.41, 5.74) is 2.23. The molecule has 0 spiro atoms. The predicted molar refractivity (Wildman–Crippen MR) is 93.6 cm³/mol. The van der Waals surface area contributed by atoms with E-state index in [9.17, 15) is 0 Å². The van der Waals surface area contributed by atoms with Crippen molar-refractivity contribution >= 4 is 0 Å². The summed E-state index contributed by atoms with van der Waals surface area (Å²) in [4.78, 5) is 4.47. The predicted octanol–water partition coefficient (Wildman–Crippen LogP) is 3.59. The van der Waals surface area contributed by atoms with E-state index in [0.29, 0.717) is 17.9 Å². The summed E-state index contributed by atoms with van der Waals surface area (Å²) in [5.74, 6) is 2.09. The summed E-state index contributed by atoms with van der Waals surface area (Å²) in [6.07, 6.45) is 4.17. The normalized spacial score (nSPS) is 17.1. The third kappa shape index (κ3) is 4.42. The van der Waals surface area contributed by atoms with Crippen molar-refractivity contribution in [2.45, 2.75) is 52.1 Å². The number of aryl methyl sites for hydroxylation is 1. The summed E-state index contributed by atoms with van der Waals surface area (Å²) in [6.45, 7) is 7.02. The highest BCUT2D eigenvalue weighted by molar-refractivity contribution is 5.54. The van der Waals surface area contributed by atoms with Gasteiger partial charge in [0, 0.05) is 37.8 Å². The Hall–Kier alpha value is -1.72. The molecule has 1 aliphatic heterocycles. The van der Waals surface area contributed by atoms with Gasteiger partial charge in [-0.2, -0.15) is 4.98 Å². The van der Waals surface area contributed by atoms with Crippen LogP contribution in [0.1, 0.15) is 44.5 Å². The SMILES string of the molecule is CCCc1noc(-c2cccc(CN[C@H](C)C3CCOCC3)c2)n1. The monoisotopic (exact) mass is 329 g/mol. The minimum atomic E-state index is 0.497. The van der Waals surface area contributed by atoms with Crippen molar-refractivity contribution in [3.05, 3.63) is 35.7 Å². The molecule has 2 aromatic rings. The lowest BCUT2D eigenvalue weighted by atomic mass is 9.93. The molecule has 130 valence electrons. The maximum absolute atomic E-state index is 5.45. The lowest BCUT2D eigenvalue weighted by Crippen LogP contribution is -2.36. The molecule has 0 amide bonds. The molecule has 5 heteroatoms. The molecule has 0 aliphatic carbocycles. The number of hydrogen-bond donors (Lipinski definition) is 1. The number of hydrogen-bond acceptors (Lipinski definition) is 5. The highest BCUT2D eigenvalue weighted by atomic mass is 16.5. The van der Waals surface area contributed by atoms with Gasteiger partial charge in [0.2, 0.25) is 0 Å². The van der Waals surface area contributed by atoms with Crippen molar-refractivity contribution < 1.29 is 9.26 Å². The minimum Gasteiger partial charge on any atom is -0.381 e. The summed E-state index contributed by atoms with van der Waals surface area (Å²) >= 11 is 0. The zero-order valence-electron chi connectivity index (χ0n) is 14.6. The Morgan fingerprint density at radius 3 is 2.92 bits per heavy atom. The topological polar surface area (TPSA) is 60.2 Å². The molecular formula is C19H27N3O2. The molecule has 2 heterocycles. The standard InChI is InChI=1S/C19H27N3O2/c1-3-5-18-21-19(24-22-18)17-7-4-6-15(12-17)13-20-14(2)16-8-10-23-11-9-16/h4,6-7,12,14,16,20H,3,5,8-11,13H2,1-2H3/t14-/m1/s1. The van der Waals surface area contributed by atoms with Crippen LogP contribution >= 0.6 is 0 Å². The molecule has 1 aromatic carbocycles. The molecule has 1 aliphatic rings. The summed E-state index contributed by atoms with van der Waals surface area (Å²) in [5, 5.41) is 7.68. The lowest BCUT2D eigenvalue weighted by molar-refractivity contribution is 0.0558. The maximum Gasteiger partial charge on any atom is 0.257 e. The van der Waals surface area contributed by atoms with Crippen LogP contribution in [0.2, 0.25) is 0 Å². The van der Waals surface area contributed by atoms with E-state index >= 15 is 0 Å². The van der Waals surface area contributed by atoms with Gasteiger partial charge in [-0.25, -0.2) is 0 Å². The molecule has 5 nitrogen and oxygen atoms in total. The van der Waals surface area contributed by atoms with E-state index in [1.807, 2.05) is 6.07 Å². The van der Waals surface area contributed by atoms with Crippen molar-refractivity contribution in [3.63, 3.8) is 0 Å². The molecule has 0 radical (unpaired) electrons. The Morgan fingerprint density at radius 2 is 2.12 bits per heavy atom. The zero-order valence-corrected chi connectivity index (χ0v) is 14.6. The average Bonchev–Trinajstić information content (AvgIpc) is 3.10. The van der Waals surface area contributed by atoms with E-state index in [2.05, 4.69) is 47.5 Å². The molecular weight excluding hydrogens is 302 g/mol. The molecule has 1 aromatic heterocycles. The van der Waals surface area contributed by atoms with Gasteiger partial charge in [-0.05, 0) is 49.8 Å². The van der Waals surface area contributed by atoms with Gasteiger partial charge in [0.05, 0.1) is 0 Å². The number of ether oxygens (including phenoxy) is 1. The van der Waals surface area contributed by atoms with Gasteiger partial charge in [0.1, 0.15) is 0 Å². The summed E-state index contributed by atoms with van der Waals surface area (Å²) in [6, 6.07) is 8.84. The first-order chi connectivity index (χ1) is 11.8. The van der Waals surface area contributed by atoms with Gasteiger partial charge in [0.25, 0.3) is 5.89 Å². The first kappa shape index (κ1) is 17.1. The number of nitrogens with zero attached hydrogens (tertiary/aromatic N) is 2. The molecule has 1 N–H and O–H groups in total. The van der Waals surface area contributed by atoms with E-state index in [1.54, 1.807) is 0 Å². The maximum atomic E-state index is 5.45. The second-order valence-electron chi connectivity index (χ2n) is 6.59. The van der Waals surface area contributed by atoms with Crippen molar-refractivity contribution in [2.75, 3.05) is 13.2 Å². The fraction of sp³-hybridized carbons (Fsp3) is 0.579. The van der Waals surface area contributed by atoms with Gasteiger partial charge < -0.3 is 14.6 Å². The van der Waals surface area contributed by atoms with E-state index in [-0.39, 0.29) is 0 Å². The van der Waals surface area contributed by atoms with Crippen molar-refractivity contribution in [1.29, 1.82) is 0 Å². The van der Waals surface area contributed by atoms with Crippen LogP contribution in [0.15, 0.2) is 28.8 Å². The highest BCUT2D eigenvalue weighted by Gasteiger charge is 2.20. The van der Waals surface area contributed by atoms with Gasteiger partial charge >= 0.3 is 0 Å². The first-order valence-electron chi connectivity index (χ1n) is 8.99. The minimum absolute atomic E-state index is 0.497. The zero-order chi connectivity index (χ0) is 16.8. The van der Waals surface area contributed by atoms with Crippen LogP contribution in [-0.2, 0) is 17.7 Å². The molecule has 3 rings (SSSR count). The Kier molecular flexibility index (Phi) is 5.99. The van der Waals surface area contributed by atoms with Crippen LogP contribution in [0.4, 0.5) is 0 Å². The van der Waals surface area contributed by atoms with E-state index < -0.39 is 0 Å². The van der Waals surface area contributed by atoms with Crippen LogP contribution in [0.3, 0.4) is 0 Å². The van der Waals surface area contributed by atoms with Gasteiger partial charge in [-0.3, -0.25) is 0 Å². The molecule has 0 bridgehead atoms. The second-order valence-corrected chi connectivity index (χ2v) is 6.59. The second kappa shape index (κ2) is 8.40. The summed E-state index contributed by atoms with van der Waals surface area (Å²) < 4.78 is 10.8. The Labute approximate surface area is 143 Å². The Bertz CT molecular complexity index is 635. The third-order valence-electron chi connectivity index (χ3n) is 4.72. The van der Waals surface area contributed by atoms with Crippen LogP contribution in [0.5, 0.6) is 0 Å². The molecule has 0 unspecified atom stereocenters. The van der Waals surface area contributed by atoms with Crippen molar-refractivity contribution in [2.24, 2.45) is 5.92 Å². The largest absolute Gasteiger partial charge is 0.381 e. The molecule has 24 heavy (non-hydrogen) atoms. The Balaban J connectivity index is 1.60. The Morgan fingerprint density at radius 1 is 1.29 bits per heavy atom. The molecule has 1 fully saturated rings. The average molecular weight is 329 g/mol. The highest BCUT2D eigenvalue weighted by Crippen LogP contribution is 2.21. The first-order valence-corrected chi connectivity index (χ1v) is 8.99. The van der Waals surface area contributed by atoms with Crippen molar-refractivity contribution in [1.82, 2.24) is 15.5 Å². The molecule has 1 saturated heterocycles. The molecule has 1 atom stereocenters. The smallest absolute Gasteiger partial charge is 0.257 e. The van der Waals surface area contributed by atoms with Crippen molar-refractivity contribution in [3.8, 4) is 11.5 Å². The van der Waals surface area contributed by atoms with Gasteiger partial charge in [-0.15, -0.1) is 0 Å². The molecule has 0 saturated carbocycles. The number of rotatable bonds is 7. The number of aromatic nitrogens is 2.